The van der Waals surface area contributed by atoms with E-state index in [-0.39, 0.29) is 23.3 Å². The Kier molecular flexibility index (Phi) is 6.42. The molecule has 0 bridgehead atoms. The quantitative estimate of drug-likeness (QED) is 0.746. The third kappa shape index (κ3) is 4.89. The minimum absolute atomic E-state index is 0.190. The zero-order chi connectivity index (χ0) is 18.6. The monoisotopic (exact) mass is 442 g/mol. The van der Waals surface area contributed by atoms with Gasteiger partial charge in [0.1, 0.15) is 5.82 Å². The van der Waals surface area contributed by atoms with Crippen LogP contribution in [-0.4, -0.2) is 46.2 Å². The Bertz CT molecular complexity index is 823. The molecule has 2 aromatic carbocycles. The minimum atomic E-state index is -3.63. The van der Waals surface area contributed by atoms with Gasteiger partial charge in [0.15, 0.2) is 0 Å². The number of benzene rings is 2. The van der Waals surface area contributed by atoms with Gasteiger partial charge in [-0.2, -0.15) is 0 Å². The van der Waals surface area contributed by atoms with E-state index < -0.39 is 10.0 Å². The van der Waals surface area contributed by atoms with E-state index in [4.69, 9.17) is 4.74 Å². The van der Waals surface area contributed by atoms with E-state index in [1.54, 1.807) is 36.4 Å². The minimum Gasteiger partial charge on any atom is -0.379 e. The van der Waals surface area contributed by atoms with Crippen molar-refractivity contribution in [2.75, 3.05) is 32.8 Å². The Hall–Kier alpha value is -1.32. The zero-order valence-corrected chi connectivity index (χ0v) is 16.5. The first-order valence-electron chi connectivity index (χ1n) is 8.28. The van der Waals surface area contributed by atoms with Crippen molar-refractivity contribution in [3.05, 3.63) is 64.4 Å². The molecule has 2 aromatic rings. The Morgan fingerprint density at radius 2 is 1.69 bits per heavy atom. The number of ether oxygens (including phenoxy) is 1. The van der Waals surface area contributed by atoms with Crippen molar-refractivity contribution >= 4 is 26.0 Å². The highest BCUT2D eigenvalue weighted by molar-refractivity contribution is 9.10. The summed E-state index contributed by atoms with van der Waals surface area (Å²) >= 11 is 3.30. The van der Waals surface area contributed by atoms with Crippen molar-refractivity contribution in [3.8, 4) is 0 Å². The van der Waals surface area contributed by atoms with Crippen molar-refractivity contribution in [2.45, 2.75) is 10.9 Å². The molecule has 0 radical (unpaired) electrons. The SMILES string of the molecule is O=S(=O)(NCC(c1ccc(F)cc1)N1CCOCC1)c1ccc(Br)cc1. The Morgan fingerprint density at radius 1 is 1.08 bits per heavy atom. The molecule has 1 fully saturated rings. The van der Waals surface area contributed by atoms with Crippen molar-refractivity contribution < 1.29 is 17.5 Å². The highest BCUT2D eigenvalue weighted by Gasteiger charge is 2.25. The van der Waals surface area contributed by atoms with Crippen LogP contribution in [0.4, 0.5) is 4.39 Å². The van der Waals surface area contributed by atoms with E-state index in [9.17, 15) is 12.8 Å². The summed E-state index contributed by atoms with van der Waals surface area (Å²) in [6.45, 7) is 2.78. The second kappa shape index (κ2) is 8.58. The number of nitrogens with zero attached hydrogens (tertiary/aromatic N) is 1. The van der Waals surface area contributed by atoms with Gasteiger partial charge in [-0.05, 0) is 42.0 Å². The molecule has 1 aliphatic heterocycles. The van der Waals surface area contributed by atoms with Crippen LogP contribution < -0.4 is 4.72 Å². The Balaban J connectivity index is 1.78. The van der Waals surface area contributed by atoms with Gasteiger partial charge in [0.2, 0.25) is 10.0 Å². The van der Waals surface area contributed by atoms with Crippen LogP contribution in [0, 0.1) is 5.82 Å². The number of nitrogens with one attached hydrogen (secondary N) is 1. The first-order valence-corrected chi connectivity index (χ1v) is 10.6. The number of morpholine rings is 1. The second-order valence-corrected chi connectivity index (χ2v) is 8.70. The van der Waals surface area contributed by atoms with Gasteiger partial charge in [-0.3, -0.25) is 4.90 Å². The number of rotatable bonds is 6. The maximum Gasteiger partial charge on any atom is 0.240 e. The van der Waals surface area contributed by atoms with Gasteiger partial charge in [0.05, 0.1) is 18.1 Å². The van der Waals surface area contributed by atoms with Crippen LogP contribution in [0.1, 0.15) is 11.6 Å². The summed E-state index contributed by atoms with van der Waals surface area (Å²) < 4.78 is 47.3. The summed E-state index contributed by atoms with van der Waals surface area (Å²) in [6.07, 6.45) is 0. The van der Waals surface area contributed by atoms with Gasteiger partial charge in [0.25, 0.3) is 0 Å². The lowest BCUT2D eigenvalue weighted by Crippen LogP contribution is -2.43. The first-order chi connectivity index (χ1) is 12.5. The fourth-order valence-corrected chi connectivity index (χ4v) is 4.22. The summed E-state index contributed by atoms with van der Waals surface area (Å²) in [4.78, 5) is 2.36. The predicted octanol–water partition coefficient (Wildman–Crippen LogP) is 2.94. The van der Waals surface area contributed by atoms with Crippen molar-refractivity contribution in [1.82, 2.24) is 9.62 Å². The molecule has 1 atom stereocenters. The van der Waals surface area contributed by atoms with Crippen molar-refractivity contribution in [2.24, 2.45) is 0 Å². The molecule has 26 heavy (non-hydrogen) atoms. The molecule has 1 N–H and O–H groups in total. The molecule has 1 saturated heterocycles. The predicted molar refractivity (Wildman–Crippen MR) is 101 cm³/mol. The topological polar surface area (TPSA) is 58.6 Å². The second-order valence-electron chi connectivity index (χ2n) is 6.02. The molecular weight excluding hydrogens is 423 g/mol. The zero-order valence-electron chi connectivity index (χ0n) is 14.1. The summed E-state index contributed by atoms with van der Waals surface area (Å²) in [7, 11) is -3.63. The van der Waals surface area contributed by atoms with Crippen LogP contribution in [0.15, 0.2) is 57.9 Å². The molecule has 0 amide bonds. The molecule has 0 saturated carbocycles. The lowest BCUT2D eigenvalue weighted by atomic mass is 10.0. The summed E-state index contributed by atoms with van der Waals surface area (Å²) in [6, 6.07) is 12.5. The molecule has 1 heterocycles. The molecule has 1 aliphatic rings. The lowest BCUT2D eigenvalue weighted by Gasteiger charge is -2.34. The smallest absolute Gasteiger partial charge is 0.240 e. The Morgan fingerprint density at radius 3 is 2.31 bits per heavy atom. The number of halogens is 2. The molecular formula is C18H20BrFN2O3S. The van der Waals surface area contributed by atoms with E-state index in [1.807, 2.05) is 0 Å². The van der Waals surface area contributed by atoms with Crippen LogP contribution in [-0.2, 0) is 14.8 Å². The molecule has 1 unspecified atom stereocenters. The van der Waals surface area contributed by atoms with E-state index >= 15 is 0 Å². The molecule has 5 nitrogen and oxygen atoms in total. The molecule has 140 valence electrons. The fourth-order valence-electron chi connectivity index (χ4n) is 2.92. The van der Waals surface area contributed by atoms with Crippen LogP contribution in [0.2, 0.25) is 0 Å². The first kappa shape index (κ1) is 19.4. The molecule has 0 aliphatic carbocycles. The normalized spacial score (nSPS) is 17.2. The highest BCUT2D eigenvalue weighted by atomic mass is 79.9. The van der Waals surface area contributed by atoms with Crippen LogP contribution in [0.3, 0.4) is 0 Å². The summed E-state index contributed by atoms with van der Waals surface area (Å²) in [5.74, 6) is -0.315. The van der Waals surface area contributed by atoms with Crippen molar-refractivity contribution in [3.63, 3.8) is 0 Å². The van der Waals surface area contributed by atoms with Gasteiger partial charge in [-0.1, -0.05) is 28.1 Å². The van der Waals surface area contributed by atoms with Crippen molar-refractivity contribution in [1.29, 1.82) is 0 Å². The maximum absolute atomic E-state index is 13.3. The van der Waals surface area contributed by atoms with E-state index in [2.05, 4.69) is 25.6 Å². The highest BCUT2D eigenvalue weighted by Crippen LogP contribution is 2.23. The number of hydrogen-bond acceptors (Lipinski definition) is 4. The Labute approximate surface area is 161 Å². The molecule has 0 spiro atoms. The van der Waals surface area contributed by atoms with E-state index in [0.29, 0.717) is 26.3 Å². The summed E-state index contributed by atoms with van der Waals surface area (Å²) in [5, 5.41) is 0. The average molecular weight is 443 g/mol. The number of sulfonamides is 1. The molecule has 8 heteroatoms. The van der Waals surface area contributed by atoms with Gasteiger partial charge >= 0.3 is 0 Å². The lowest BCUT2D eigenvalue weighted by molar-refractivity contribution is 0.0172. The average Bonchev–Trinajstić information content (AvgIpc) is 2.64. The maximum atomic E-state index is 13.3. The van der Waals surface area contributed by atoms with E-state index in [0.717, 1.165) is 10.0 Å². The fraction of sp³-hybridized carbons (Fsp3) is 0.333. The van der Waals surface area contributed by atoms with Gasteiger partial charge in [-0.25, -0.2) is 17.5 Å². The van der Waals surface area contributed by atoms with Gasteiger partial charge in [0, 0.05) is 30.1 Å². The summed E-state index contributed by atoms with van der Waals surface area (Å²) in [5.41, 5.74) is 0.867. The van der Waals surface area contributed by atoms with E-state index in [1.165, 1.54) is 12.1 Å². The van der Waals surface area contributed by atoms with Crippen LogP contribution in [0.5, 0.6) is 0 Å². The van der Waals surface area contributed by atoms with Crippen LogP contribution in [0.25, 0.3) is 0 Å². The van der Waals surface area contributed by atoms with Gasteiger partial charge < -0.3 is 4.74 Å². The third-order valence-corrected chi connectivity index (χ3v) is 6.30. The standard InChI is InChI=1S/C18H20BrFN2O3S/c19-15-3-7-17(8-4-15)26(23,24)21-13-18(22-9-11-25-12-10-22)14-1-5-16(20)6-2-14/h1-8,18,21H,9-13H2. The molecule has 3 rings (SSSR count). The number of hydrogen-bond donors (Lipinski definition) is 1. The van der Waals surface area contributed by atoms with Crippen LogP contribution >= 0.6 is 15.9 Å². The van der Waals surface area contributed by atoms with Gasteiger partial charge in [-0.15, -0.1) is 0 Å². The third-order valence-electron chi connectivity index (χ3n) is 4.33. The molecule has 0 aromatic heterocycles. The largest absolute Gasteiger partial charge is 0.379 e.